The highest BCUT2D eigenvalue weighted by atomic mass is 32.1. The molecule has 0 aliphatic heterocycles. The Bertz CT molecular complexity index is 845. The van der Waals surface area contributed by atoms with Gasteiger partial charge in [0.1, 0.15) is 11.6 Å². The number of amides is 1. The molecule has 1 aromatic heterocycles. The van der Waals surface area contributed by atoms with Crippen molar-refractivity contribution in [1.82, 2.24) is 0 Å². The number of anilines is 1. The predicted molar refractivity (Wildman–Crippen MR) is 88.8 cm³/mol. The SMILES string of the molecule is CN(C(=O)c1ccc(F)cc1F)c1csc(-c2ccccc2)c1. The maximum Gasteiger partial charge on any atom is 0.261 e. The van der Waals surface area contributed by atoms with E-state index in [4.69, 9.17) is 0 Å². The van der Waals surface area contributed by atoms with Gasteiger partial charge in [-0.05, 0) is 23.8 Å². The van der Waals surface area contributed by atoms with E-state index >= 15 is 0 Å². The molecule has 0 spiro atoms. The van der Waals surface area contributed by atoms with Crippen LogP contribution in [0.2, 0.25) is 0 Å². The highest BCUT2D eigenvalue weighted by molar-refractivity contribution is 7.14. The first-order valence-electron chi connectivity index (χ1n) is 6.93. The van der Waals surface area contributed by atoms with Crippen LogP contribution in [0.4, 0.5) is 14.5 Å². The van der Waals surface area contributed by atoms with Gasteiger partial charge in [0.05, 0.1) is 11.3 Å². The third-order valence-electron chi connectivity index (χ3n) is 3.50. The Labute approximate surface area is 136 Å². The van der Waals surface area contributed by atoms with Crippen LogP contribution < -0.4 is 4.90 Å². The van der Waals surface area contributed by atoms with Crippen molar-refractivity contribution in [2.45, 2.75) is 0 Å². The highest BCUT2D eigenvalue weighted by Gasteiger charge is 2.19. The fourth-order valence-corrected chi connectivity index (χ4v) is 3.15. The molecule has 0 saturated carbocycles. The molecule has 1 heterocycles. The van der Waals surface area contributed by atoms with Crippen LogP contribution in [0.15, 0.2) is 60.0 Å². The number of rotatable bonds is 3. The summed E-state index contributed by atoms with van der Waals surface area (Å²) >= 11 is 1.50. The van der Waals surface area contributed by atoms with E-state index in [1.807, 2.05) is 41.8 Å². The summed E-state index contributed by atoms with van der Waals surface area (Å²) in [6.45, 7) is 0. The van der Waals surface area contributed by atoms with E-state index < -0.39 is 17.5 Å². The van der Waals surface area contributed by atoms with Gasteiger partial charge < -0.3 is 4.90 Å². The molecule has 0 saturated heterocycles. The van der Waals surface area contributed by atoms with Crippen LogP contribution in [0.5, 0.6) is 0 Å². The summed E-state index contributed by atoms with van der Waals surface area (Å²) in [5.41, 5.74) is 1.57. The molecular weight excluding hydrogens is 316 g/mol. The number of carbonyl (C=O) groups excluding carboxylic acids is 1. The van der Waals surface area contributed by atoms with Crippen LogP contribution in [0.3, 0.4) is 0 Å². The Morgan fingerprint density at radius 2 is 1.78 bits per heavy atom. The van der Waals surface area contributed by atoms with E-state index in [0.717, 1.165) is 22.6 Å². The first-order valence-corrected chi connectivity index (χ1v) is 7.81. The zero-order chi connectivity index (χ0) is 16.4. The molecule has 2 aromatic carbocycles. The van der Waals surface area contributed by atoms with E-state index in [1.165, 1.54) is 16.2 Å². The van der Waals surface area contributed by atoms with Crippen LogP contribution in [0.1, 0.15) is 10.4 Å². The van der Waals surface area contributed by atoms with Gasteiger partial charge in [0.2, 0.25) is 0 Å². The van der Waals surface area contributed by atoms with Crippen molar-refractivity contribution >= 4 is 22.9 Å². The molecule has 0 aliphatic carbocycles. The topological polar surface area (TPSA) is 20.3 Å². The van der Waals surface area contributed by atoms with Crippen molar-refractivity contribution in [2.24, 2.45) is 0 Å². The molecule has 2 nitrogen and oxygen atoms in total. The summed E-state index contributed by atoms with van der Waals surface area (Å²) in [5, 5.41) is 1.83. The van der Waals surface area contributed by atoms with E-state index in [9.17, 15) is 13.6 Å². The second-order valence-electron chi connectivity index (χ2n) is 5.02. The minimum absolute atomic E-state index is 0.152. The standard InChI is InChI=1S/C18H13F2NOS/c1-21(18(22)15-8-7-13(19)9-16(15)20)14-10-17(23-11-14)12-5-3-2-4-6-12/h2-11H,1H3. The summed E-state index contributed by atoms with van der Waals surface area (Å²) in [7, 11) is 1.57. The summed E-state index contributed by atoms with van der Waals surface area (Å²) in [4.78, 5) is 14.8. The number of hydrogen-bond donors (Lipinski definition) is 0. The summed E-state index contributed by atoms with van der Waals surface area (Å²) < 4.78 is 26.7. The van der Waals surface area contributed by atoms with Crippen molar-refractivity contribution in [1.29, 1.82) is 0 Å². The number of benzene rings is 2. The number of carbonyl (C=O) groups is 1. The Morgan fingerprint density at radius 1 is 1.04 bits per heavy atom. The van der Waals surface area contributed by atoms with Gasteiger partial charge in [-0.2, -0.15) is 0 Å². The van der Waals surface area contributed by atoms with Crippen molar-refractivity contribution in [3.8, 4) is 10.4 Å². The van der Waals surface area contributed by atoms with E-state index in [2.05, 4.69) is 0 Å². The summed E-state index contributed by atoms with van der Waals surface area (Å²) in [5.74, 6) is -2.08. The number of halogens is 2. The van der Waals surface area contributed by atoms with Gasteiger partial charge >= 0.3 is 0 Å². The first-order chi connectivity index (χ1) is 11.1. The van der Waals surface area contributed by atoms with Crippen LogP contribution >= 0.6 is 11.3 Å². The molecule has 0 unspecified atom stereocenters. The van der Waals surface area contributed by atoms with E-state index in [0.29, 0.717) is 11.8 Å². The number of hydrogen-bond acceptors (Lipinski definition) is 2. The van der Waals surface area contributed by atoms with Crippen molar-refractivity contribution < 1.29 is 13.6 Å². The fraction of sp³-hybridized carbons (Fsp3) is 0.0556. The molecule has 0 atom stereocenters. The molecule has 0 bridgehead atoms. The average Bonchev–Trinajstić information content (AvgIpc) is 3.04. The number of nitrogens with zero attached hydrogens (tertiary/aromatic N) is 1. The molecule has 3 rings (SSSR count). The summed E-state index contributed by atoms with van der Waals surface area (Å²) in [6.07, 6.45) is 0. The van der Waals surface area contributed by atoms with Gasteiger partial charge in [-0.1, -0.05) is 30.3 Å². The third kappa shape index (κ3) is 3.14. The van der Waals surface area contributed by atoms with Gasteiger partial charge in [0, 0.05) is 23.4 Å². The van der Waals surface area contributed by atoms with Crippen molar-refractivity contribution in [3.05, 3.63) is 77.2 Å². The predicted octanol–water partition coefficient (Wildman–Crippen LogP) is 4.97. The van der Waals surface area contributed by atoms with Gasteiger partial charge in [-0.15, -0.1) is 11.3 Å². The molecule has 3 aromatic rings. The Balaban J connectivity index is 1.87. The molecule has 1 amide bonds. The van der Waals surface area contributed by atoms with Crippen LogP contribution in [-0.4, -0.2) is 13.0 Å². The van der Waals surface area contributed by atoms with Gasteiger partial charge in [-0.3, -0.25) is 4.79 Å². The van der Waals surface area contributed by atoms with Gasteiger partial charge in [0.15, 0.2) is 0 Å². The van der Waals surface area contributed by atoms with E-state index in [1.54, 1.807) is 7.05 Å². The Hall–Kier alpha value is -2.53. The van der Waals surface area contributed by atoms with Gasteiger partial charge in [-0.25, -0.2) is 8.78 Å². The molecule has 23 heavy (non-hydrogen) atoms. The third-order valence-corrected chi connectivity index (χ3v) is 4.46. The Morgan fingerprint density at radius 3 is 2.48 bits per heavy atom. The van der Waals surface area contributed by atoms with Crippen LogP contribution in [0.25, 0.3) is 10.4 Å². The lowest BCUT2D eigenvalue weighted by Crippen LogP contribution is -2.26. The zero-order valence-corrected chi connectivity index (χ0v) is 13.1. The molecule has 0 N–H and O–H groups in total. The molecule has 116 valence electrons. The minimum atomic E-state index is -0.861. The second kappa shape index (κ2) is 6.30. The summed E-state index contributed by atoms with van der Waals surface area (Å²) in [6, 6.07) is 14.6. The largest absolute Gasteiger partial charge is 0.310 e. The lowest BCUT2D eigenvalue weighted by molar-refractivity contribution is 0.0989. The zero-order valence-electron chi connectivity index (χ0n) is 12.3. The number of thiophene rings is 1. The lowest BCUT2D eigenvalue weighted by Gasteiger charge is -2.16. The smallest absolute Gasteiger partial charge is 0.261 e. The quantitative estimate of drug-likeness (QED) is 0.664. The van der Waals surface area contributed by atoms with Crippen LogP contribution in [-0.2, 0) is 0 Å². The van der Waals surface area contributed by atoms with Gasteiger partial charge in [0.25, 0.3) is 5.91 Å². The lowest BCUT2D eigenvalue weighted by atomic mass is 10.1. The monoisotopic (exact) mass is 329 g/mol. The van der Waals surface area contributed by atoms with Crippen molar-refractivity contribution in [2.75, 3.05) is 11.9 Å². The van der Waals surface area contributed by atoms with Crippen molar-refractivity contribution in [3.63, 3.8) is 0 Å². The maximum absolute atomic E-state index is 13.8. The molecule has 0 radical (unpaired) electrons. The molecule has 5 heteroatoms. The van der Waals surface area contributed by atoms with Crippen LogP contribution in [0, 0.1) is 11.6 Å². The first kappa shape index (κ1) is 15.4. The molecular formula is C18H13F2NOS. The minimum Gasteiger partial charge on any atom is -0.310 e. The highest BCUT2D eigenvalue weighted by Crippen LogP contribution is 2.31. The second-order valence-corrected chi connectivity index (χ2v) is 5.93. The molecule has 0 fully saturated rings. The maximum atomic E-state index is 13.8. The Kier molecular flexibility index (Phi) is 4.21. The average molecular weight is 329 g/mol. The normalized spacial score (nSPS) is 10.6. The fourth-order valence-electron chi connectivity index (χ4n) is 2.22. The van der Waals surface area contributed by atoms with E-state index in [-0.39, 0.29) is 5.56 Å². The molecule has 0 aliphatic rings.